The maximum atomic E-state index is 12.2. The van der Waals surface area contributed by atoms with E-state index in [2.05, 4.69) is 5.32 Å². The summed E-state index contributed by atoms with van der Waals surface area (Å²) in [4.78, 5) is 36.9. The van der Waals surface area contributed by atoms with Crippen LogP contribution >= 0.6 is 0 Å². The number of nitrogens with zero attached hydrogens (tertiary/aromatic N) is 1. The number of rotatable bonds is 4. The molecule has 1 rings (SSSR count). The van der Waals surface area contributed by atoms with Gasteiger partial charge in [-0.1, -0.05) is 13.8 Å². The van der Waals surface area contributed by atoms with Gasteiger partial charge >= 0.3 is 12.1 Å². The standard InChI is InChI=1S/C16H28N2O5/c1-10(2)12(14(20)21)17-13(19)11-6-8-18(9-7-11)15(22)23-16(3,4)5/h10-12H,6-9H2,1-5H3,(H,17,19)(H,20,21)/t12-/m0/s1. The molecule has 7 heteroatoms. The first-order valence-corrected chi connectivity index (χ1v) is 8.02. The highest BCUT2D eigenvalue weighted by Crippen LogP contribution is 2.20. The fraction of sp³-hybridized carbons (Fsp3) is 0.812. The summed E-state index contributed by atoms with van der Waals surface area (Å²) in [6, 6.07) is -0.883. The minimum absolute atomic E-state index is 0.182. The minimum Gasteiger partial charge on any atom is -0.480 e. The average molecular weight is 328 g/mol. The largest absolute Gasteiger partial charge is 0.480 e. The smallest absolute Gasteiger partial charge is 0.410 e. The van der Waals surface area contributed by atoms with Crippen molar-refractivity contribution in [2.45, 2.75) is 59.1 Å². The van der Waals surface area contributed by atoms with E-state index in [1.807, 2.05) is 20.8 Å². The Morgan fingerprint density at radius 3 is 2.09 bits per heavy atom. The van der Waals surface area contributed by atoms with E-state index in [-0.39, 0.29) is 23.8 Å². The first-order chi connectivity index (χ1) is 10.5. The summed E-state index contributed by atoms with van der Waals surface area (Å²) in [6.45, 7) is 9.81. The highest BCUT2D eigenvalue weighted by atomic mass is 16.6. The van der Waals surface area contributed by atoms with Gasteiger partial charge in [-0.15, -0.1) is 0 Å². The van der Waals surface area contributed by atoms with Crippen LogP contribution in [0.2, 0.25) is 0 Å². The van der Waals surface area contributed by atoms with Gasteiger partial charge in [-0.05, 0) is 39.5 Å². The number of carbonyl (C=O) groups excluding carboxylic acids is 2. The Balaban J connectivity index is 2.51. The van der Waals surface area contributed by atoms with Crippen LogP contribution in [-0.2, 0) is 14.3 Å². The summed E-state index contributed by atoms with van der Waals surface area (Å²) in [5.74, 6) is -1.73. The number of carboxylic acids is 1. The molecule has 0 aliphatic carbocycles. The maximum absolute atomic E-state index is 12.2. The van der Waals surface area contributed by atoms with Crippen LogP contribution in [0.4, 0.5) is 4.79 Å². The van der Waals surface area contributed by atoms with E-state index in [9.17, 15) is 14.4 Å². The van der Waals surface area contributed by atoms with E-state index < -0.39 is 17.6 Å². The Kier molecular flexibility index (Phi) is 6.41. The Morgan fingerprint density at radius 1 is 1.17 bits per heavy atom. The highest BCUT2D eigenvalue weighted by molar-refractivity contribution is 5.85. The van der Waals surface area contributed by atoms with Crippen LogP contribution in [0.25, 0.3) is 0 Å². The van der Waals surface area contributed by atoms with E-state index in [4.69, 9.17) is 9.84 Å². The predicted octanol–water partition coefficient (Wildman–Crippen LogP) is 1.86. The van der Waals surface area contributed by atoms with Gasteiger partial charge in [-0.3, -0.25) is 4.79 Å². The molecule has 0 aromatic rings. The molecular formula is C16H28N2O5. The number of nitrogens with one attached hydrogen (secondary N) is 1. The minimum atomic E-state index is -1.03. The van der Waals surface area contributed by atoms with Gasteiger partial charge in [0.1, 0.15) is 11.6 Å². The number of aliphatic carboxylic acids is 1. The molecule has 7 nitrogen and oxygen atoms in total. The fourth-order valence-corrected chi connectivity index (χ4v) is 2.44. The highest BCUT2D eigenvalue weighted by Gasteiger charge is 2.32. The molecule has 0 saturated carbocycles. The molecule has 1 saturated heterocycles. The van der Waals surface area contributed by atoms with Crippen LogP contribution in [0.1, 0.15) is 47.5 Å². The van der Waals surface area contributed by atoms with Gasteiger partial charge in [-0.25, -0.2) is 9.59 Å². The van der Waals surface area contributed by atoms with Gasteiger partial charge in [0.2, 0.25) is 5.91 Å². The molecule has 0 aromatic carbocycles. The second-order valence-corrected chi connectivity index (χ2v) is 7.31. The number of carbonyl (C=O) groups is 3. The molecule has 23 heavy (non-hydrogen) atoms. The van der Waals surface area contributed by atoms with E-state index in [0.29, 0.717) is 25.9 Å². The normalized spacial score (nSPS) is 17.7. The van der Waals surface area contributed by atoms with Crippen LogP contribution in [0.5, 0.6) is 0 Å². The Labute approximate surface area is 137 Å². The van der Waals surface area contributed by atoms with Crippen LogP contribution in [0.15, 0.2) is 0 Å². The molecule has 2 N–H and O–H groups in total. The van der Waals surface area contributed by atoms with Crippen molar-refractivity contribution in [1.82, 2.24) is 10.2 Å². The zero-order valence-corrected chi connectivity index (χ0v) is 14.6. The lowest BCUT2D eigenvalue weighted by Gasteiger charge is -2.33. The molecule has 0 unspecified atom stereocenters. The molecule has 0 spiro atoms. The van der Waals surface area contributed by atoms with Gasteiger partial charge in [0.25, 0.3) is 0 Å². The lowest BCUT2D eigenvalue weighted by molar-refractivity contribution is -0.144. The summed E-state index contributed by atoms with van der Waals surface area (Å²) >= 11 is 0. The lowest BCUT2D eigenvalue weighted by Crippen LogP contribution is -2.49. The van der Waals surface area contributed by atoms with E-state index in [1.165, 1.54) is 0 Å². The molecule has 1 fully saturated rings. The number of ether oxygens (including phenoxy) is 1. The van der Waals surface area contributed by atoms with E-state index >= 15 is 0 Å². The van der Waals surface area contributed by atoms with E-state index in [0.717, 1.165) is 0 Å². The van der Waals surface area contributed by atoms with Crippen LogP contribution in [0, 0.1) is 11.8 Å². The molecule has 1 atom stereocenters. The monoisotopic (exact) mass is 328 g/mol. The second-order valence-electron chi connectivity index (χ2n) is 7.31. The topological polar surface area (TPSA) is 95.9 Å². The number of piperidine rings is 1. The Morgan fingerprint density at radius 2 is 1.70 bits per heavy atom. The van der Waals surface area contributed by atoms with Crippen molar-refractivity contribution < 1.29 is 24.2 Å². The third-order valence-electron chi connectivity index (χ3n) is 3.75. The molecule has 132 valence electrons. The number of carboxylic acid groups (broad SMARTS) is 1. The zero-order valence-electron chi connectivity index (χ0n) is 14.6. The summed E-state index contributed by atoms with van der Waals surface area (Å²) in [5, 5.41) is 11.7. The Bertz CT molecular complexity index is 448. The van der Waals surface area contributed by atoms with Gasteiger partial charge < -0.3 is 20.1 Å². The SMILES string of the molecule is CC(C)[C@H](NC(=O)C1CCN(C(=O)OC(C)(C)C)CC1)C(=O)O. The van der Waals surface area contributed by atoms with Gasteiger partial charge in [0.15, 0.2) is 0 Å². The first kappa shape index (κ1) is 19.3. The zero-order chi connectivity index (χ0) is 17.8. The molecule has 0 bridgehead atoms. The van der Waals surface area contributed by atoms with Crippen LogP contribution in [-0.4, -0.2) is 52.7 Å². The number of hydrogen-bond donors (Lipinski definition) is 2. The molecule has 0 radical (unpaired) electrons. The summed E-state index contributed by atoms with van der Waals surface area (Å²) in [7, 11) is 0. The van der Waals surface area contributed by atoms with Gasteiger partial charge in [0, 0.05) is 19.0 Å². The summed E-state index contributed by atoms with van der Waals surface area (Å²) < 4.78 is 5.31. The quantitative estimate of drug-likeness (QED) is 0.821. The summed E-state index contributed by atoms with van der Waals surface area (Å²) in [5.41, 5.74) is -0.544. The van der Waals surface area contributed by atoms with E-state index in [1.54, 1.807) is 18.7 Å². The average Bonchev–Trinajstić information content (AvgIpc) is 2.42. The molecule has 0 aromatic heterocycles. The van der Waals surface area contributed by atoms with Gasteiger partial charge in [-0.2, -0.15) is 0 Å². The van der Waals surface area contributed by atoms with Crippen LogP contribution in [0.3, 0.4) is 0 Å². The third kappa shape index (κ3) is 6.08. The lowest BCUT2D eigenvalue weighted by atomic mass is 9.95. The molecule has 1 heterocycles. The van der Waals surface area contributed by atoms with Gasteiger partial charge in [0.05, 0.1) is 0 Å². The molecule has 1 aliphatic heterocycles. The van der Waals surface area contributed by atoms with Crippen molar-refractivity contribution in [2.75, 3.05) is 13.1 Å². The Hall–Kier alpha value is -1.79. The molecule has 2 amide bonds. The fourth-order valence-electron chi connectivity index (χ4n) is 2.44. The summed E-state index contributed by atoms with van der Waals surface area (Å²) in [6.07, 6.45) is 0.646. The predicted molar refractivity (Wildman–Crippen MR) is 84.9 cm³/mol. The number of amides is 2. The van der Waals surface area contributed by atoms with Crippen molar-refractivity contribution in [3.63, 3.8) is 0 Å². The van der Waals surface area contributed by atoms with Crippen molar-refractivity contribution in [3.05, 3.63) is 0 Å². The van der Waals surface area contributed by atoms with Crippen molar-refractivity contribution in [3.8, 4) is 0 Å². The molecular weight excluding hydrogens is 300 g/mol. The molecule has 1 aliphatic rings. The third-order valence-corrected chi connectivity index (χ3v) is 3.75. The number of likely N-dealkylation sites (tertiary alicyclic amines) is 1. The number of hydrogen-bond acceptors (Lipinski definition) is 4. The van der Waals surface area contributed by atoms with Crippen molar-refractivity contribution in [2.24, 2.45) is 11.8 Å². The second kappa shape index (κ2) is 7.66. The van der Waals surface area contributed by atoms with Crippen LogP contribution < -0.4 is 5.32 Å². The van der Waals surface area contributed by atoms with Crippen molar-refractivity contribution >= 4 is 18.0 Å². The first-order valence-electron chi connectivity index (χ1n) is 8.02. The van der Waals surface area contributed by atoms with Crippen molar-refractivity contribution in [1.29, 1.82) is 0 Å². The maximum Gasteiger partial charge on any atom is 0.410 e.